The summed E-state index contributed by atoms with van der Waals surface area (Å²) in [5.74, 6) is 0. The number of nitrogens with one attached hydrogen (secondary N) is 3. The van der Waals surface area contributed by atoms with Crippen LogP contribution in [0.15, 0.2) is 96.1 Å². The molecule has 130 valence electrons. The molecule has 26 heavy (non-hydrogen) atoms. The molecule has 0 spiro atoms. The Morgan fingerprint density at radius 2 is 1.27 bits per heavy atom. The molecule has 0 fully saturated rings. The zero-order valence-electron chi connectivity index (χ0n) is 14.2. The van der Waals surface area contributed by atoms with Crippen LogP contribution < -0.4 is 16.3 Å². The molecule has 0 aliphatic carbocycles. The van der Waals surface area contributed by atoms with E-state index in [0.29, 0.717) is 11.4 Å². The van der Waals surface area contributed by atoms with E-state index >= 15 is 0 Å². The lowest BCUT2D eigenvalue weighted by molar-refractivity contribution is 1.12. The van der Waals surface area contributed by atoms with E-state index in [4.69, 9.17) is 12.2 Å². The first kappa shape index (κ1) is 17.6. The average Bonchev–Trinajstić information content (AvgIpc) is 2.72. The summed E-state index contributed by atoms with van der Waals surface area (Å²) in [7, 11) is 0. The third kappa shape index (κ3) is 5.43. The highest BCUT2D eigenvalue weighted by Crippen LogP contribution is 2.10. The highest BCUT2D eigenvalue weighted by molar-refractivity contribution is 7.80. The number of hydrogen-bond acceptors (Lipinski definition) is 4. The Morgan fingerprint density at radius 1 is 0.731 bits per heavy atom. The van der Waals surface area contributed by atoms with E-state index in [9.17, 15) is 0 Å². The van der Waals surface area contributed by atoms with Crippen LogP contribution in [0.25, 0.3) is 0 Å². The van der Waals surface area contributed by atoms with Gasteiger partial charge in [-0.1, -0.05) is 78.9 Å². The van der Waals surface area contributed by atoms with Crippen molar-refractivity contribution >= 4 is 34.3 Å². The van der Waals surface area contributed by atoms with Crippen molar-refractivity contribution in [2.75, 3.05) is 10.9 Å². The first-order chi connectivity index (χ1) is 12.8. The molecule has 0 aliphatic rings. The lowest BCUT2D eigenvalue weighted by atomic mass is 10.1. The molecular formula is C21H20N4S. The second-order valence-electron chi connectivity index (χ2n) is 5.62. The van der Waals surface area contributed by atoms with Crippen LogP contribution in [0.2, 0.25) is 0 Å². The zero-order chi connectivity index (χ0) is 18.0. The Labute approximate surface area is 158 Å². The van der Waals surface area contributed by atoms with Gasteiger partial charge in [0.25, 0.3) is 0 Å². The van der Waals surface area contributed by atoms with E-state index < -0.39 is 0 Å². The molecule has 0 saturated carbocycles. The maximum Gasteiger partial charge on any atom is 0.100 e. The normalized spacial score (nSPS) is 10.8. The van der Waals surface area contributed by atoms with E-state index in [0.717, 1.165) is 22.6 Å². The van der Waals surface area contributed by atoms with Gasteiger partial charge in [0.05, 0.1) is 17.1 Å². The molecule has 0 amide bonds. The van der Waals surface area contributed by atoms with Crippen molar-refractivity contribution in [3.8, 4) is 0 Å². The summed E-state index contributed by atoms with van der Waals surface area (Å²) in [4.78, 5) is 0.659. The van der Waals surface area contributed by atoms with Gasteiger partial charge in [-0.05, 0) is 29.8 Å². The molecule has 0 bridgehead atoms. The number of anilines is 2. The summed E-state index contributed by atoms with van der Waals surface area (Å²) in [6.07, 6.45) is 0.513. The summed E-state index contributed by atoms with van der Waals surface area (Å²) in [5.41, 5.74) is 13.1. The number of hydrazone groups is 1. The van der Waals surface area contributed by atoms with Gasteiger partial charge in [0, 0.05) is 6.42 Å². The average molecular weight is 360 g/mol. The fourth-order valence-electron chi connectivity index (χ4n) is 2.34. The lowest BCUT2D eigenvalue weighted by Crippen LogP contribution is -2.30. The molecule has 3 aromatic carbocycles. The van der Waals surface area contributed by atoms with E-state index in [1.807, 2.05) is 91.0 Å². The van der Waals surface area contributed by atoms with E-state index in [2.05, 4.69) is 21.4 Å². The number of hydrogen-bond donors (Lipinski definition) is 3. The quantitative estimate of drug-likeness (QED) is 0.321. The third-order valence-electron chi connectivity index (χ3n) is 3.65. The maximum atomic E-state index is 5.48. The summed E-state index contributed by atoms with van der Waals surface area (Å²) in [6, 6.07) is 29.7. The van der Waals surface area contributed by atoms with Crippen LogP contribution in [0.5, 0.6) is 0 Å². The van der Waals surface area contributed by atoms with Gasteiger partial charge in [-0.3, -0.25) is 10.9 Å². The van der Waals surface area contributed by atoms with Crippen LogP contribution in [0.3, 0.4) is 0 Å². The molecule has 5 heteroatoms. The van der Waals surface area contributed by atoms with Crippen LogP contribution in [0, 0.1) is 0 Å². The van der Waals surface area contributed by atoms with Gasteiger partial charge in [0.1, 0.15) is 4.99 Å². The van der Waals surface area contributed by atoms with Crippen molar-refractivity contribution in [1.29, 1.82) is 0 Å². The molecule has 0 aromatic heterocycles. The molecule has 4 nitrogen and oxygen atoms in total. The van der Waals surface area contributed by atoms with Gasteiger partial charge in [-0.25, -0.2) is 0 Å². The number of rotatable bonds is 7. The summed E-state index contributed by atoms with van der Waals surface area (Å²) >= 11 is 5.48. The first-order valence-electron chi connectivity index (χ1n) is 8.34. The number of benzene rings is 3. The molecule has 0 aliphatic heterocycles. The molecule has 3 rings (SSSR count). The standard InChI is InChI=1S/C21H20N4S/c26-21(25-23-19-14-8-3-9-15-19)16-20(17-10-4-1-5-11-17)24-22-18-12-6-2-7-13-18/h1-15,22-23H,16H2,(H,25,26)/b24-20-. The van der Waals surface area contributed by atoms with Crippen LogP contribution in [0.4, 0.5) is 11.4 Å². The van der Waals surface area contributed by atoms with Crippen molar-refractivity contribution < 1.29 is 0 Å². The molecule has 0 atom stereocenters. The van der Waals surface area contributed by atoms with Crippen molar-refractivity contribution in [2.24, 2.45) is 5.10 Å². The van der Waals surface area contributed by atoms with Crippen LogP contribution >= 0.6 is 12.2 Å². The van der Waals surface area contributed by atoms with Gasteiger partial charge >= 0.3 is 0 Å². The highest BCUT2D eigenvalue weighted by Gasteiger charge is 2.07. The lowest BCUT2D eigenvalue weighted by Gasteiger charge is -2.13. The van der Waals surface area contributed by atoms with Gasteiger partial charge in [-0.2, -0.15) is 5.10 Å². The predicted octanol–water partition coefficient (Wildman–Crippen LogP) is 4.84. The third-order valence-corrected chi connectivity index (χ3v) is 3.90. The zero-order valence-corrected chi connectivity index (χ0v) is 15.0. The minimum atomic E-state index is 0.513. The fraction of sp³-hybridized carbons (Fsp3) is 0.0476. The Kier molecular flexibility index (Phi) is 6.34. The minimum Gasteiger partial charge on any atom is -0.300 e. The largest absolute Gasteiger partial charge is 0.300 e. The van der Waals surface area contributed by atoms with Crippen LogP contribution in [-0.4, -0.2) is 10.7 Å². The highest BCUT2D eigenvalue weighted by atomic mass is 32.1. The Bertz CT molecular complexity index is 849. The molecule has 0 heterocycles. The summed E-state index contributed by atoms with van der Waals surface area (Å²) in [6.45, 7) is 0. The second-order valence-corrected chi connectivity index (χ2v) is 6.11. The van der Waals surface area contributed by atoms with E-state index in [1.165, 1.54) is 0 Å². The molecule has 0 radical (unpaired) electrons. The van der Waals surface area contributed by atoms with E-state index in [-0.39, 0.29) is 0 Å². The molecule has 0 saturated heterocycles. The van der Waals surface area contributed by atoms with Gasteiger partial charge in [0.15, 0.2) is 0 Å². The smallest absolute Gasteiger partial charge is 0.100 e. The molecule has 0 unspecified atom stereocenters. The van der Waals surface area contributed by atoms with E-state index in [1.54, 1.807) is 0 Å². The molecule has 3 aromatic rings. The van der Waals surface area contributed by atoms with Crippen molar-refractivity contribution in [3.05, 3.63) is 96.6 Å². The Hall–Kier alpha value is -3.18. The number of hydrazine groups is 1. The van der Waals surface area contributed by atoms with Gasteiger partial charge in [0.2, 0.25) is 0 Å². The maximum absolute atomic E-state index is 5.48. The molecular weight excluding hydrogens is 340 g/mol. The van der Waals surface area contributed by atoms with Crippen molar-refractivity contribution in [2.45, 2.75) is 6.42 Å². The second kappa shape index (κ2) is 9.34. The Balaban J connectivity index is 1.68. The molecule has 3 N–H and O–H groups in total. The Morgan fingerprint density at radius 3 is 1.88 bits per heavy atom. The van der Waals surface area contributed by atoms with Crippen molar-refractivity contribution in [1.82, 2.24) is 5.43 Å². The van der Waals surface area contributed by atoms with Crippen LogP contribution in [-0.2, 0) is 0 Å². The predicted molar refractivity (Wildman–Crippen MR) is 113 cm³/mol. The first-order valence-corrected chi connectivity index (χ1v) is 8.75. The topological polar surface area (TPSA) is 48.5 Å². The van der Waals surface area contributed by atoms with Crippen molar-refractivity contribution in [3.63, 3.8) is 0 Å². The van der Waals surface area contributed by atoms with Gasteiger partial charge < -0.3 is 5.43 Å². The van der Waals surface area contributed by atoms with Crippen LogP contribution in [0.1, 0.15) is 12.0 Å². The number of para-hydroxylation sites is 2. The minimum absolute atomic E-state index is 0.513. The number of thiocarbonyl (C=S) groups is 1. The fourth-order valence-corrected chi connectivity index (χ4v) is 2.53. The number of nitrogens with zero attached hydrogens (tertiary/aromatic N) is 1. The summed E-state index contributed by atoms with van der Waals surface area (Å²) in [5, 5.41) is 4.57. The van der Waals surface area contributed by atoms with Gasteiger partial charge in [-0.15, -0.1) is 0 Å². The SMILES string of the molecule is S=C(C/C(=N/Nc1ccccc1)c1ccccc1)NNc1ccccc1. The monoisotopic (exact) mass is 360 g/mol. The summed E-state index contributed by atoms with van der Waals surface area (Å²) < 4.78 is 0.